The van der Waals surface area contributed by atoms with Crippen LogP contribution in [0.2, 0.25) is 5.02 Å². The molecule has 0 aromatic heterocycles. The summed E-state index contributed by atoms with van der Waals surface area (Å²) in [5.74, 6) is -0.332. The van der Waals surface area contributed by atoms with E-state index in [2.05, 4.69) is 19.2 Å². The van der Waals surface area contributed by atoms with Gasteiger partial charge in [0.15, 0.2) is 0 Å². The fourth-order valence-corrected chi connectivity index (χ4v) is 3.77. The van der Waals surface area contributed by atoms with Crippen molar-refractivity contribution < 1.29 is 13.2 Å². The van der Waals surface area contributed by atoms with E-state index in [4.69, 9.17) is 22.3 Å². The number of benzene rings is 1. The van der Waals surface area contributed by atoms with Gasteiger partial charge in [0.2, 0.25) is 0 Å². The van der Waals surface area contributed by atoms with E-state index in [1.165, 1.54) is 18.2 Å². The van der Waals surface area contributed by atoms with Gasteiger partial charge >= 0.3 is 0 Å². The molecule has 1 aromatic carbocycles. The van der Waals surface area contributed by atoms with Crippen LogP contribution < -0.4 is 5.32 Å². The Balaban J connectivity index is 2.18. The molecule has 1 aliphatic rings. The molecular weight excluding hydrogens is 333 g/mol. The number of rotatable bonds is 3. The van der Waals surface area contributed by atoms with E-state index in [1.54, 1.807) is 0 Å². The molecule has 1 amide bonds. The zero-order valence-corrected chi connectivity index (χ0v) is 14.1. The van der Waals surface area contributed by atoms with E-state index in [0.717, 1.165) is 19.3 Å². The van der Waals surface area contributed by atoms with Crippen molar-refractivity contribution in [1.29, 1.82) is 0 Å². The van der Waals surface area contributed by atoms with Crippen LogP contribution >= 0.6 is 22.3 Å². The molecule has 21 heavy (non-hydrogen) atoms. The molecule has 0 spiro atoms. The Morgan fingerprint density at radius 2 is 2.00 bits per heavy atom. The van der Waals surface area contributed by atoms with Gasteiger partial charge in [-0.1, -0.05) is 25.4 Å². The van der Waals surface area contributed by atoms with E-state index < -0.39 is 9.05 Å². The van der Waals surface area contributed by atoms with Gasteiger partial charge in [-0.2, -0.15) is 0 Å². The summed E-state index contributed by atoms with van der Waals surface area (Å²) in [5.41, 5.74) is 0.420. The average Bonchev–Trinajstić information content (AvgIpc) is 2.66. The highest BCUT2D eigenvalue weighted by atomic mass is 35.7. The van der Waals surface area contributed by atoms with Crippen LogP contribution in [-0.4, -0.2) is 20.4 Å². The highest BCUT2D eigenvalue weighted by molar-refractivity contribution is 8.13. The summed E-state index contributed by atoms with van der Waals surface area (Å²) in [6.45, 7) is 4.33. The highest BCUT2D eigenvalue weighted by Gasteiger charge is 2.32. The van der Waals surface area contributed by atoms with Crippen LogP contribution in [0.1, 0.15) is 43.5 Å². The molecule has 1 saturated carbocycles. The molecule has 0 bridgehead atoms. The van der Waals surface area contributed by atoms with Crippen LogP contribution in [0.5, 0.6) is 0 Å². The largest absolute Gasteiger partial charge is 0.349 e. The SMILES string of the molecule is CC1(C)CCC(NC(=O)c2cc(Cl)cc(S(=O)(=O)Cl)c2)C1. The van der Waals surface area contributed by atoms with Gasteiger partial charge in [0.25, 0.3) is 15.0 Å². The molecule has 0 radical (unpaired) electrons. The van der Waals surface area contributed by atoms with Crippen molar-refractivity contribution in [2.75, 3.05) is 0 Å². The smallest absolute Gasteiger partial charge is 0.261 e. The first-order chi connectivity index (χ1) is 9.57. The van der Waals surface area contributed by atoms with Crippen LogP contribution in [0.3, 0.4) is 0 Å². The molecule has 0 aliphatic heterocycles. The van der Waals surface area contributed by atoms with Crippen LogP contribution in [-0.2, 0) is 9.05 Å². The van der Waals surface area contributed by atoms with Crippen LogP contribution in [0.25, 0.3) is 0 Å². The first-order valence-electron chi connectivity index (χ1n) is 6.63. The number of carbonyl (C=O) groups is 1. The van der Waals surface area contributed by atoms with Crippen molar-refractivity contribution in [1.82, 2.24) is 5.32 Å². The fraction of sp³-hybridized carbons (Fsp3) is 0.500. The number of hydrogen-bond acceptors (Lipinski definition) is 3. The first kappa shape index (κ1) is 16.6. The van der Waals surface area contributed by atoms with Crippen molar-refractivity contribution in [3.8, 4) is 0 Å². The Kier molecular flexibility index (Phi) is 4.57. The van der Waals surface area contributed by atoms with Crippen molar-refractivity contribution in [2.45, 2.75) is 44.0 Å². The van der Waals surface area contributed by atoms with E-state index in [0.29, 0.717) is 0 Å². The third-order valence-electron chi connectivity index (χ3n) is 3.72. The van der Waals surface area contributed by atoms with Gasteiger partial charge in [0, 0.05) is 27.3 Å². The summed E-state index contributed by atoms with van der Waals surface area (Å²) in [7, 11) is 1.38. The first-order valence-corrected chi connectivity index (χ1v) is 9.32. The zero-order chi connectivity index (χ0) is 15.8. The van der Waals surface area contributed by atoms with Crippen LogP contribution in [0.15, 0.2) is 23.1 Å². The lowest BCUT2D eigenvalue weighted by atomic mass is 9.92. The normalized spacial score (nSPS) is 21.2. The Bertz CT molecular complexity index is 671. The number of halogens is 2. The summed E-state index contributed by atoms with van der Waals surface area (Å²) in [4.78, 5) is 12.1. The van der Waals surface area contributed by atoms with Crippen molar-refractivity contribution in [3.05, 3.63) is 28.8 Å². The molecule has 116 valence electrons. The minimum Gasteiger partial charge on any atom is -0.349 e. The Labute approximate surface area is 134 Å². The molecule has 1 fully saturated rings. The third-order valence-corrected chi connectivity index (χ3v) is 5.27. The molecule has 2 rings (SSSR count). The van der Waals surface area contributed by atoms with Gasteiger partial charge in [-0.3, -0.25) is 4.79 Å². The molecule has 1 N–H and O–H groups in total. The van der Waals surface area contributed by atoms with Gasteiger partial charge in [0.05, 0.1) is 4.90 Å². The second-order valence-electron chi connectivity index (χ2n) is 6.19. The maximum atomic E-state index is 12.2. The van der Waals surface area contributed by atoms with Gasteiger partial charge in [0.1, 0.15) is 0 Å². The highest BCUT2D eigenvalue weighted by Crippen LogP contribution is 2.37. The summed E-state index contributed by atoms with van der Waals surface area (Å²) in [6.07, 6.45) is 2.87. The molecule has 1 atom stereocenters. The molecular formula is C14H17Cl2NO3S. The van der Waals surface area contributed by atoms with Crippen molar-refractivity contribution >= 4 is 37.2 Å². The Morgan fingerprint density at radius 1 is 1.33 bits per heavy atom. The molecule has 1 unspecified atom stereocenters. The monoisotopic (exact) mass is 349 g/mol. The summed E-state index contributed by atoms with van der Waals surface area (Å²) in [5, 5.41) is 3.08. The second-order valence-corrected chi connectivity index (χ2v) is 9.19. The molecule has 1 aliphatic carbocycles. The molecule has 4 nitrogen and oxygen atoms in total. The topological polar surface area (TPSA) is 63.2 Å². The summed E-state index contributed by atoms with van der Waals surface area (Å²) >= 11 is 5.86. The molecule has 7 heteroatoms. The van der Waals surface area contributed by atoms with Gasteiger partial charge < -0.3 is 5.32 Å². The van der Waals surface area contributed by atoms with Crippen LogP contribution in [0.4, 0.5) is 0 Å². The summed E-state index contributed by atoms with van der Waals surface area (Å²) < 4.78 is 22.7. The number of carbonyl (C=O) groups excluding carboxylic acids is 1. The maximum absolute atomic E-state index is 12.2. The molecule has 1 aromatic rings. The standard InChI is InChI=1S/C14H17Cl2NO3S/c1-14(2)4-3-11(8-14)17-13(18)9-5-10(15)7-12(6-9)21(16,19)20/h5-7,11H,3-4,8H2,1-2H3,(H,17,18). The lowest BCUT2D eigenvalue weighted by molar-refractivity contribution is 0.0936. The van der Waals surface area contributed by atoms with E-state index in [9.17, 15) is 13.2 Å². The average molecular weight is 350 g/mol. The predicted molar refractivity (Wildman–Crippen MR) is 83.4 cm³/mol. The van der Waals surface area contributed by atoms with Crippen molar-refractivity contribution in [2.24, 2.45) is 5.41 Å². The zero-order valence-electron chi connectivity index (χ0n) is 11.8. The number of nitrogens with one attached hydrogen (secondary N) is 1. The minimum absolute atomic E-state index is 0.0996. The van der Waals surface area contributed by atoms with Gasteiger partial charge in [-0.15, -0.1) is 0 Å². The molecule has 0 heterocycles. The fourth-order valence-electron chi connectivity index (χ4n) is 2.66. The van der Waals surface area contributed by atoms with Crippen LogP contribution in [0, 0.1) is 5.41 Å². The Morgan fingerprint density at radius 3 is 2.52 bits per heavy atom. The number of amides is 1. The Hall–Kier alpha value is -0.780. The maximum Gasteiger partial charge on any atom is 0.261 e. The lowest BCUT2D eigenvalue weighted by Crippen LogP contribution is -2.33. The van der Waals surface area contributed by atoms with Crippen molar-refractivity contribution in [3.63, 3.8) is 0 Å². The third kappa shape index (κ3) is 4.34. The summed E-state index contributed by atoms with van der Waals surface area (Å²) in [6, 6.07) is 3.99. The van der Waals surface area contributed by atoms with E-state index in [1.807, 2.05) is 0 Å². The van der Waals surface area contributed by atoms with E-state index >= 15 is 0 Å². The number of hydrogen-bond donors (Lipinski definition) is 1. The predicted octanol–water partition coefficient (Wildman–Crippen LogP) is 3.58. The molecule has 0 saturated heterocycles. The second kappa shape index (κ2) is 5.78. The van der Waals surface area contributed by atoms with Gasteiger partial charge in [-0.25, -0.2) is 8.42 Å². The van der Waals surface area contributed by atoms with E-state index in [-0.39, 0.29) is 32.8 Å². The van der Waals surface area contributed by atoms with Gasteiger partial charge in [-0.05, 0) is 42.9 Å². The quantitative estimate of drug-likeness (QED) is 0.848. The minimum atomic E-state index is -3.92. The lowest BCUT2D eigenvalue weighted by Gasteiger charge is -2.18.